The first kappa shape index (κ1) is 11.8. The molecule has 2 N–H and O–H groups in total. The van der Waals surface area contributed by atoms with E-state index in [0.29, 0.717) is 11.6 Å². The Morgan fingerprint density at radius 1 is 1.47 bits per heavy atom. The summed E-state index contributed by atoms with van der Waals surface area (Å²) in [6.07, 6.45) is 1.80. The standard InChI is InChI=1S/C12H14ClN3O/c1-8-14-6-10(16-8)7-15-11-5-9(13)3-4-12(11)17-2/h3-6,15H,7H2,1-2H3,(H,14,16). The third-order valence-electron chi connectivity index (χ3n) is 2.39. The van der Waals surface area contributed by atoms with Gasteiger partial charge >= 0.3 is 0 Å². The van der Waals surface area contributed by atoms with Gasteiger partial charge in [-0.3, -0.25) is 0 Å². The molecule has 0 spiro atoms. The molecule has 0 aliphatic carbocycles. The monoisotopic (exact) mass is 251 g/mol. The third kappa shape index (κ3) is 2.91. The second-order valence-electron chi connectivity index (χ2n) is 3.69. The van der Waals surface area contributed by atoms with Crippen molar-refractivity contribution in [1.82, 2.24) is 9.97 Å². The van der Waals surface area contributed by atoms with Gasteiger partial charge < -0.3 is 15.0 Å². The van der Waals surface area contributed by atoms with Gasteiger partial charge in [0.15, 0.2) is 0 Å². The van der Waals surface area contributed by atoms with Crippen LogP contribution < -0.4 is 10.1 Å². The molecule has 1 heterocycles. The molecule has 0 radical (unpaired) electrons. The Labute approximate surface area is 105 Å². The van der Waals surface area contributed by atoms with E-state index in [1.165, 1.54) is 0 Å². The molecule has 1 aromatic carbocycles. The SMILES string of the molecule is COc1ccc(Cl)cc1NCc1cnc(C)[nH]1. The molecule has 2 aromatic rings. The molecule has 0 unspecified atom stereocenters. The molecule has 0 fully saturated rings. The molecule has 0 amide bonds. The third-order valence-corrected chi connectivity index (χ3v) is 2.62. The number of hydrogen-bond acceptors (Lipinski definition) is 3. The number of halogens is 1. The highest BCUT2D eigenvalue weighted by Gasteiger charge is 2.04. The Morgan fingerprint density at radius 2 is 2.29 bits per heavy atom. The normalized spacial score (nSPS) is 10.3. The fourth-order valence-electron chi connectivity index (χ4n) is 1.57. The quantitative estimate of drug-likeness (QED) is 0.878. The van der Waals surface area contributed by atoms with Crippen molar-refractivity contribution in [2.75, 3.05) is 12.4 Å². The predicted octanol–water partition coefficient (Wildman–Crippen LogP) is 2.99. The van der Waals surface area contributed by atoms with Gasteiger partial charge in [-0.1, -0.05) is 11.6 Å². The molecule has 0 atom stereocenters. The average molecular weight is 252 g/mol. The van der Waals surface area contributed by atoms with Gasteiger partial charge in [0.1, 0.15) is 11.6 Å². The summed E-state index contributed by atoms with van der Waals surface area (Å²) in [6.45, 7) is 2.57. The lowest BCUT2D eigenvalue weighted by Gasteiger charge is -2.10. The van der Waals surface area contributed by atoms with Crippen molar-refractivity contribution in [3.05, 3.63) is 40.9 Å². The van der Waals surface area contributed by atoms with Crippen LogP contribution in [0, 0.1) is 6.92 Å². The molecule has 17 heavy (non-hydrogen) atoms. The summed E-state index contributed by atoms with van der Waals surface area (Å²) in [4.78, 5) is 7.29. The number of benzene rings is 1. The second-order valence-corrected chi connectivity index (χ2v) is 4.13. The summed E-state index contributed by atoms with van der Waals surface area (Å²) in [6, 6.07) is 5.47. The molecule has 1 aromatic heterocycles. The van der Waals surface area contributed by atoms with E-state index in [4.69, 9.17) is 16.3 Å². The Morgan fingerprint density at radius 3 is 2.94 bits per heavy atom. The lowest BCUT2D eigenvalue weighted by molar-refractivity contribution is 0.416. The highest BCUT2D eigenvalue weighted by molar-refractivity contribution is 6.30. The summed E-state index contributed by atoms with van der Waals surface area (Å²) in [5.74, 6) is 1.67. The molecule has 5 heteroatoms. The number of nitrogens with one attached hydrogen (secondary N) is 2. The molecule has 4 nitrogen and oxygen atoms in total. The fourth-order valence-corrected chi connectivity index (χ4v) is 1.74. The van der Waals surface area contributed by atoms with Gasteiger partial charge in [0.2, 0.25) is 0 Å². The van der Waals surface area contributed by atoms with Crippen LogP contribution in [-0.2, 0) is 6.54 Å². The number of rotatable bonds is 4. The van der Waals surface area contributed by atoms with E-state index < -0.39 is 0 Å². The number of aromatic nitrogens is 2. The number of imidazole rings is 1. The molecule has 0 aliphatic heterocycles. The van der Waals surface area contributed by atoms with Gasteiger partial charge in [-0.05, 0) is 25.1 Å². The first-order chi connectivity index (χ1) is 8.19. The van der Waals surface area contributed by atoms with E-state index >= 15 is 0 Å². The summed E-state index contributed by atoms with van der Waals surface area (Å²) in [7, 11) is 1.63. The van der Waals surface area contributed by atoms with E-state index in [1.54, 1.807) is 19.4 Å². The number of aromatic amines is 1. The smallest absolute Gasteiger partial charge is 0.142 e. The maximum absolute atomic E-state index is 5.94. The van der Waals surface area contributed by atoms with E-state index in [2.05, 4.69) is 15.3 Å². The fraction of sp³-hybridized carbons (Fsp3) is 0.250. The number of methoxy groups -OCH3 is 1. The van der Waals surface area contributed by atoms with Gasteiger partial charge in [0.05, 0.1) is 31.2 Å². The van der Waals surface area contributed by atoms with Crippen molar-refractivity contribution in [2.45, 2.75) is 13.5 Å². The Bertz CT molecular complexity index is 510. The molecule has 2 rings (SSSR count). The topological polar surface area (TPSA) is 49.9 Å². The second kappa shape index (κ2) is 5.10. The zero-order valence-electron chi connectivity index (χ0n) is 9.75. The lowest BCUT2D eigenvalue weighted by atomic mass is 10.3. The zero-order valence-corrected chi connectivity index (χ0v) is 10.5. The van der Waals surface area contributed by atoms with Crippen LogP contribution in [-0.4, -0.2) is 17.1 Å². The first-order valence-corrected chi connectivity index (χ1v) is 5.64. The number of nitrogens with zero attached hydrogens (tertiary/aromatic N) is 1. The first-order valence-electron chi connectivity index (χ1n) is 5.27. The van der Waals surface area contributed by atoms with E-state index in [-0.39, 0.29) is 0 Å². The van der Waals surface area contributed by atoms with Crippen LogP contribution in [0.2, 0.25) is 5.02 Å². The van der Waals surface area contributed by atoms with Crippen molar-refractivity contribution < 1.29 is 4.74 Å². The van der Waals surface area contributed by atoms with Crippen molar-refractivity contribution in [3.8, 4) is 5.75 Å². The van der Waals surface area contributed by atoms with Crippen LogP contribution in [0.1, 0.15) is 11.5 Å². The Kier molecular flexibility index (Phi) is 3.54. The zero-order chi connectivity index (χ0) is 12.3. The minimum atomic E-state index is 0.650. The lowest BCUT2D eigenvalue weighted by Crippen LogP contribution is -2.01. The molecular weight excluding hydrogens is 238 g/mol. The van der Waals surface area contributed by atoms with Crippen LogP contribution >= 0.6 is 11.6 Å². The predicted molar refractivity (Wildman–Crippen MR) is 68.7 cm³/mol. The molecule has 0 saturated carbocycles. The maximum Gasteiger partial charge on any atom is 0.142 e. The number of ether oxygens (including phenoxy) is 1. The highest BCUT2D eigenvalue weighted by atomic mass is 35.5. The summed E-state index contributed by atoms with van der Waals surface area (Å²) >= 11 is 5.94. The van der Waals surface area contributed by atoms with E-state index in [1.807, 2.05) is 19.1 Å². The van der Waals surface area contributed by atoms with Crippen molar-refractivity contribution in [2.24, 2.45) is 0 Å². The van der Waals surface area contributed by atoms with Gasteiger partial charge in [-0.15, -0.1) is 0 Å². The van der Waals surface area contributed by atoms with E-state index in [9.17, 15) is 0 Å². The molecule has 0 saturated heterocycles. The number of aryl methyl sites for hydroxylation is 1. The maximum atomic E-state index is 5.94. The molecule has 90 valence electrons. The summed E-state index contributed by atoms with van der Waals surface area (Å²) in [5, 5.41) is 3.93. The van der Waals surface area contributed by atoms with Gasteiger partial charge in [-0.2, -0.15) is 0 Å². The molecule has 0 bridgehead atoms. The molecule has 0 aliphatic rings. The largest absolute Gasteiger partial charge is 0.495 e. The number of hydrogen-bond donors (Lipinski definition) is 2. The number of H-pyrrole nitrogens is 1. The average Bonchev–Trinajstić information content (AvgIpc) is 2.73. The van der Waals surface area contributed by atoms with Crippen LogP contribution in [0.15, 0.2) is 24.4 Å². The summed E-state index contributed by atoms with van der Waals surface area (Å²) < 4.78 is 5.25. The minimum absolute atomic E-state index is 0.650. The van der Waals surface area contributed by atoms with Crippen molar-refractivity contribution in [3.63, 3.8) is 0 Å². The van der Waals surface area contributed by atoms with Crippen LogP contribution in [0.3, 0.4) is 0 Å². The van der Waals surface area contributed by atoms with Crippen LogP contribution in [0.25, 0.3) is 0 Å². The Balaban J connectivity index is 2.10. The van der Waals surface area contributed by atoms with Gasteiger partial charge in [0.25, 0.3) is 0 Å². The van der Waals surface area contributed by atoms with Gasteiger partial charge in [-0.25, -0.2) is 4.98 Å². The van der Waals surface area contributed by atoms with Crippen LogP contribution in [0.4, 0.5) is 5.69 Å². The van der Waals surface area contributed by atoms with E-state index in [0.717, 1.165) is 23.0 Å². The Hall–Kier alpha value is -1.68. The molecular formula is C12H14ClN3O. The number of anilines is 1. The minimum Gasteiger partial charge on any atom is -0.495 e. The highest BCUT2D eigenvalue weighted by Crippen LogP contribution is 2.27. The summed E-state index contributed by atoms with van der Waals surface area (Å²) in [5.41, 5.74) is 1.89. The van der Waals surface area contributed by atoms with Gasteiger partial charge in [0, 0.05) is 5.02 Å². The van der Waals surface area contributed by atoms with Crippen molar-refractivity contribution >= 4 is 17.3 Å². The van der Waals surface area contributed by atoms with Crippen molar-refractivity contribution in [1.29, 1.82) is 0 Å². The van der Waals surface area contributed by atoms with Crippen LogP contribution in [0.5, 0.6) is 5.75 Å².